The zero-order chi connectivity index (χ0) is 20.1. The number of ketones is 1. The van der Waals surface area contributed by atoms with Crippen LogP contribution in [-0.4, -0.2) is 36.4 Å². The van der Waals surface area contributed by atoms with Gasteiger partial charge in [-0.3, -0.25) is 9.59 Å². The van der Waals surface area contributed by atoms with E-state index in [-0.39, 0.29) is 17.4 Å². The summed E-state index contributed by atoms with van der Waals surface area (Å²) < 4.78 is 0. The van der Waals surface area contributed by atoms with Crippen LogP contribution >= 0.6 is 11.3 Å². The van der Waals surface area contributed by atoms with Crippen molar-refractivity contribution in [1.29, 1.82) is 0 Å². The number of amides is 1. The second-order valence-corrected chi connectivity index (χ2v) is 7.39. The minimum Gasteiger partial charge on any atom is -0.810 e. The molecule has 1 aromatic heterocycles. The Bertz CT molecular complexity index is 947. The van der Waals surface area contributed by atoms with Crippen LogP contribution in [0.5, 0.6) is 0 Å². The third kappa shape index (κ3) is 4.04. The highest BCUT2D eigenvalue weighted by Crippen LogP contribution is 2.33. The fourth-order valence-electron chi connectivity index (χ4n) is 3.32. The lowest BCUT2D eigenvalue weighted by Gasteiger charge is -2.36. The Kier molecular flexibility index (Phi) is 6.06. The molecule has 1 aliphatic heterocycles. The van der Waals surface area contributed by atoms with Crippen LogP contribution in [0.3, 0.4) is 0 Å². The van der Waals surface area contributed by atoms with E-state index < -0.39 is 5.91 Å². The highest BCUT2D eigenvalue weighted by Gasteiger charge is 2.30. The standard InChI is InChI=1S/C21H21N4O2S/c1-24-11-15(10-22)17-13-25(12-14-5-2-3-6-16(14)17)21(27)18(23)9-19(26)20-7-4-8-28-20/h2-11,17,24H,12-13,23H2,1H3/q-1/b15-11+,18-9-. The first-order valence-corrected chi connectivity index (χ1v) is 9.70. The predicted octanol–water partition coefficient (Wildman–Crippen LogP) is 2.64. The summed E-state index contributed by atoms with van der Waals surface area (Å²) in [6, 6.07) is 11.3. The van der Waals surface area contributed by atoms with Crippen molar-refractivity contribution in [2.45, 2.75) is 12.5 Å². The molecule has 0 radical (unpaired) electrons. The Morgan fingerprint density at radius 1 is 1.29 bits per heavy atom. The van der Waals surface area contributed by atoms with Crippen LogP contribution in [0.1, 0.15) is 26.7 Å². The average Bonchev–Trinajstić information content (AvgIpc) is 3.25. The zero-order valence-corrected chi connectivity index (χ0v) is 16.3. The summed E-state index contributed by atoms with van der Waals surface area (Å²) in [5, 5.41) is 14.4. The van der Waals surface area contributed by atoms with E-state index in [1.165, 1.54) is 17.4 Å². The van der Waals surface area contributed by atoms with Crippen molar-refractivity contribution >= 4 is 29.2 Å². The molecule has 1 atom stereocenters. The third-order valence-electron chi connectivity index (χ3n) is 4.64. The number of hydrogen-bond acceptors (Lipinski definition) is 5. The van der Waals surface area contributed by atoms with Gasteiger partial charge in [0.2, 0.25) is 0 Å². The van der Waals surface area contributed by atoms with Crippen LogP contribution in [0.15, 0.2) is 65.3 Å². The first-order chi connectivity index (χ1) is 13.5. The monoisotopic (exact) mass is 393 g/mol. The van der Waals surface area contributed by atoms with Gasteiger partial charge in [-0.25, -0.2) is 0 Å². The fraction of sp³-hybridized carbons (Fsp3) is 0.190. The number of nitrogens with zero attached hydrogens (tertiary/aromatic N) is 2. The second-order valence-electron chi connectivity index (χ2n) is 6.44. The Hall–Kier alpha value is -3.19. The van der Waals surface area contributed by atoms with Crippen molar-refractivity contribution in [2.75, 3.05) is 13.6 Å². The number of benzene rings is 1. The van der Waals surface area contributed by atoms with Gasteiger partial charge in [-0.05, 0) is 34.3 Å². The smallest absolute Gasteiger partial charge is 0.270 e. The van der Waals surface area contributed by atoms with Gasteiger partial charge in [-0.2, -0.15) is 6.21 Å². The van der Waals surface area contributed by atoms with Gasteiger partial charge in [0.15, 0.2) is 5.78 Å². The maximum atomic E-state index is 12.9. The topological polar surface area (TPSA) is 97.7 Å². The lowest BCUT2D eigenvalue weighted by Crippen LogP contribution is -2.41. The number of rotatable bonds is 6. The van der Waals surface area contributed by atoms with Gasteiger partial charge in [0.05, 0.1) is 4.88 Å². The average molecular weight is 393 g/mol. The number of nitrogens with one attached hydrogen (secondary N) is 1. The summed E-state index contributed by atoms with van der Waals surface area (Å²) in [4.78, 5) is 27.3. The molecule has 0 saturated heterocycles. The fourth-order valence-corrected chi connectivity index (χ4v) is 3.95. The Labute approximate surface area is 167 Å². The molecule has 1 aromatic carbocycles. The molecule has 144 valence electrons. The molecule has 0 aliphatic carbocycles. The predicted molar refractivity (Wildman–Crippen MR) is 112 cm³/mol. The van der Waals surface area contributed by atoms with E-state index in [1.807, 2.05) is 24.3 Å². The van der Waals surface area contributed by atoms with E-state index in [9.17, 15) is 15.0 Å². The third-order valence-corrected chi connectivity index (χ3v) is 5.53. The summed E-state index contributed by atoms with van der Waals surface area (Å²) in [6.45, 7) is 0.744. The molecule has 0 spiro atoms. The normalized spacial score (nSPS) is 17.0. The molecule has 1 unspecified atom stereocenters. The van der Waals surface area contributed by atoms with Crippen molar-refractivity contribution in [3.8, 4) is 0 Å². The second kappa shape index (κ2) is 8.67. The van der Waals surface area contributed by atoms with Crippen molar-refractivity contribution < 1.29 is 9.59 Å². The lowest BCUT2D eigenvalue weighted by molar-refractivity contribution is -0.128. The van der Waals surface area contributed by atoms with Gasteiger partial charge in [0.1, 0.15) is 5.70 Å². The van der Waals surface area contributed by atoms with Crippen molar-refractivity contribution in [1.82, 2.24) is 10.2 Å². The molecule has 7 heteroatoms. The molecular formula is C21H21N4O2S-. The largest absolute Gasteiger partial charge is 0.810 e. The number of carbonyl (C=O) groups is 2. The molecular weight excluding hydrogens is 372 g/mol. The van der Waals surface area contributed by atoms with Crippen LogP contribution < -0.4 is 11.1 Å². The van der Waals surface area contributed by atoms with E-state index in [0.29, 0.717) is 23.5 Å². The van der Waals surface area contributed by atoms with Crippen LogP contribution in [0, 0.1) is 0 Å². The van der Waals surface area contributed by atoms with E-state index in [4.69, 9.17) is 5.73 Å². The van der Waals surface area contributed by atoms with Crippen molar-refractivity contribution in [3.63, 3.8) is 0 Å². The quantitative estimate of drug-likeness (QED) is 0.448. The molecule has 0 saturated carbocycles. The Morgan fingerprint density at radius 3 is 2.75 bits per heavy atom. The molecule has 1 amide bonds. The number of thiophene rings is 1. The van der Waals surface area contributed by atoms with Crippen LogP contribution in [0.2, 0.25) is 0 Å². The van der Waals surface area contributed by atoms with E-state index in [0.717, 1.165) is 17.3 Å². The first-order valence-electron chi connectivity index (χ1n) is 8.82. The molecule has 6 nitrogen and oxygen atoms in total. The van der Waals surface area contributed by atoms with Gasteiger partial charge in [-0.15, -0.1) is 11.3 Å². The summed E-state index contributed by atoms with van der Waals surface area (Å²) in [5.41, 5.74) is 8.55. The molecule has 0 bridgehead atoms. The first kappa shape index (κ1) is 19.6. The van der Waals surface area contributed by atoms with Gasteiger partial charge in [0.25, 0.3) is 5.91 Å². The highest BCUT2D eigenvalue weighted by atomic mass is 32.1. The van der Waals surface area contributed by atoms with Crippen LogP contribution in [0.4, 0.5) is 0 Å². The molecule has 2 heterocycles. The zero-order valence-electron chi connectivity index (χ0n) is 15.5. The SMILES string of the molecule is CN/C=C(\C=[N-])C1CN(C(=O)/C(N)=C/C(=O)c2cccs2)Cc2ccccc21. The lowest BCUT2D eigenvalue weighted by atomic mass is 9.85. The van der Waals surface area contributed by atoms with Crippen molar-refractivity contribution in [3.05, 3.63) is 86.7 Å². The van der Waals surface area contributed by atoms with E-state index in [1.54, 1.807) is 35.7 Å². The Morgan fingerprint density at radius 2 is 2.07 bits per heavy atom. The molecule has 3 N–H and O–H groups in total. The number of allylic oxidation sites excluding steroid dienone is 1. The minimum absolute atomic E-state index is 0.0938. The van der Waals surface area contributed by atoms with Gasteiger partial charge >= 0.3 is 0 Å². The maximum absolute atomic E-state index is 12.9. The molecule has 28 heavy (non-hydrogen) atoms. The minimum atomic E-state index is -0.397. The number of carbonyl (C=O) groups excluding carboxylic acids is 2. The van der Waals surface area contributed by atoms with Gasteiger partial charge in [-0.1, -0.05) is 30.3 Å². The molecule has 0 fully saturated rings. The summed E-state index contributed by atoms with van der Waals surface area (Å²) >= 11 is 1.30. The van der Waals surface area contributed by atoms with Crippen LogP contribution in [0.25, 0.3) is 5.41 Å². The maximum Gasteiger partial charge on any atom is 0.270 e. The molecule has 2 aromatic rings. The van der Waals surface area contributed by atoms with E-state index >= 15 is 0 Å². The summed E-state index contributed by atoms with van der Waals surface area (Å²) in [6.07, 6.45) is 3.94. The molecule has 3 rings (SSSR count). The van der Waals surface area contributed by atoms with Gasteiger partial charge in [0, 0.05) is 32.1 Å². The number of nitrogens with two attached hydrogens (primary N) is 1. The van der Waals surface area contributed by atoms with E-state index in [2.05, 4.69) is 5.32 Å². The number of fused-ring (bicyclic) bond motifs is 1. The molecule has 1 aliphatic rings. The van der Waals surface area contributed by atoms with Gasteiger partial charge < -0.3 is 21.4 Å². The summed E-state index contributed by atoms with van der Waals surface area (Å²) in [5.74, 6) is -0.882. The van der Waals surface area contributed by atoms with Crippen molar-refractivity contribution in [2.24, 2.45) is 5.73 Å². The Balaban J connectivity index is 1.88. The highest BCUT2D eigenvalue weighted by molar-refractivity contribution is 7.12. The van der Waals surface area contributed by atoms with Crippen LogP contribution in [-0.2, 0) is 11.3 Å². The number of hydrogen-bond donors (Lipinski definition) is 2. The summed E-state index contributed by atoms with van der Waals surface area (Å²) in [7, 11) is 1.75.